The average Bonchev–Trinajstić information content (AvgIpc) is 2.66. The number of nitrogens with zero attached hydrogens (tertiary/aromatic N) is 1. The highest BCUT2D eigenvalue weighted by Crippen LogP contribution is 2.35. The summed E-state index contributed by atoms with van der Waals surface area (Å²) in [6, 6.07) is 6.58. The summed E-state index contributed by atoms with van der Waals surface area (Å²) in [5, 5.41) is 0. The Morgan fingerprint density at radius 2 is 2.13 bits per heavy atom. The summed E-state index contributed by atoms with van der Waals surface area (Å²) < 4.78 is 10.8. The zero-order chi connectivity index (χ0) is 10.8. The Hall–Kier alpha value is -1.22. The molecule has 0 atom stereocenters. The van der Waals surface area contributed by atoms with E-state index in [0.717, 1.165) is 18.0 Å². The van der Waals surface area contributed by atoms with Crippen LogP contribution in [0.2, 0.25) is 0 Å². The number of hydrogen-bond acceptors (Lipinski definition) is 3. The number of para-hydroxylation sites is 1. The van der Waals surface area contributed by atoms with Crippen LogP contribution in [0, 0.1) is 0 Å². The maximum atomic E-state index is 5.46. The van der Waals surface area contributed by atoms with Crippen molar-refractivity contribution in [3.8, 4) is 11.5 Å². The summed E-state index contributed by atoms with van der Waals surface area (Å²) in [4.78, 5) is 2.28. The number of fused-ring (bicyclic) bond motifs is 1. The van der Waals surface area contributed by atoms with Crippen LogP contribution in [-0.4, -0.2) is 24.8 Å². The van der Waals surface area contributed by atoms with Crippen LogP contribution in [0.4, 0.5) is 0 Å². The van der Waals surface area contributed by atoms with Crippen molar-refractivity contribution in [2.75, 3.05) is 13.8 Å². The van der Waals surface area contributed by atoms with Crippen molar-refractivity contribution in [1.82, 2.24) is 4.90 Å². The second-order valence-corrected chi connectivity index (χ2v) is 4.16. The van der Waals surface area contributed by atoms with Crippen LogP contribution < -0.4 is 9.47 Å². The van der Waals surface area contributed by atoms with Gasteiger partial charge >= 0.3 is 0 Å². The quantitative estimate of drug-likeness (QED) is 0.758. The second kappa shape index (κ2) is 4.11. The van der Waals surface area contributed by atoms with Gasteiger partial charge < -0.3 is 9.47 Å². The first kappa shape index (κ1) is 10.3. The van der Waals surface area contributed by atoms with Gasteiger partial charge in [0, 0.05) is 18.2 Å². The first-order chi connectivity index (χ1) is 7.18. The van der Waals surface area contributed by atoms with Crippen LogP contribution in [0.15, 0.2) is 18.2 Å². The van der Waals surface area contributed by atoms with Crippen LogP contribution in [0.1, 0.15) is 19.4 Å². The van der Waals surface area contributed by atoms with Gasteiger partial charge in [-0.3, -0.25) is 4.90 Å². The van der Waals surface area contributed by atoms with E-state index in [4.69, 9.17) is 9.47 Å². The molecule has 1 aliphatic rings. The number of benzene rings is 1. The Kier molecular flexibility index (Phi) is 2.82. The van der Waals surface area contributed by atoms with Gasteiger partial charge in [-0.2, -0.15) is 0 Å². The van der Waals surface area contributed by atoms with Gasteiger partial charge in [-0.05, 0) is 27.0 Å². The Bertz CT molecular complexity index is 349. The van der Waals surface area contributed by atoms with Crippen LogP contribution in [-0.2, 0) is 6.54 Å². The van der Waals surface area contributed by atoms with Crippen molar-refractivity contribution in [2.45, 2.75) is 26.4 Å². The number of rotatable bonds is 3. The van der Waals surface area contributed by atoms with E-state index in [-0.39, 0.29) is 0 Å². The molecule has 82 valence electrons. The lowest BCUT2D eigenvalue weighted by atomic mass is 10.1. The fourth-order valence-electron chi connectivity index (χ4n) is 1.57. The molecule has 1 aliphatic heterocycles. The topological polar surface area (TPSA) is 21.7 Å². The monoisotopic (exact) mass is 207 g/mol. The Morgan fingerprint density at radius 1 is 1.33 bits per heavy atom. The highest BCUT2D eigenvalue weighted by molar-refractivity contribution is 5.48. The van der Waals surface area contributed by atoms with Gasteiger partial charge in [0.1, 0.15) is 0 Å². The molecule has 0 unspecified atom stereocenters. The molecule has 1 aromatic rings. The van der Waals surface area contributed by atoms with E-state index >= 15 is 0 Å². The average molecular weight is 207 g/mol. The third-order valence-corrected chi connectivity index (χ3v) is 2.78. The van der Waals surface area contributed by atoms with E-state index in [1.54, 1.807) is 0 Å². The summed E-state index contributed by atoms with van der Waals surface area (Å²) in [5.41, 5.74) is 1.20. The lowest BCUT2D eigenvalue weighted by molar-refractivity contribution is 0.171. The van der Waals surface area contributed by atoms with Crippen molar-refractivity contribution >= 4 is 0 Å². The summed E-state index contributed by atoms with van der Waals surface area (Å²) in [7, 11) is 2.11. The molecule has 2 rings (SSSR count). The first-order valence-corrected chi connectivity index (χ1v) is 5.26. The van der Waals surface area contributed by atoms with Gasteiger partial charge in [0.25, 0.3) is 0 Å². The SMILES string of the molecule is CC(C)N(C)Cc1cccc2c1OCO2. The molecule has 0 aromatic heterocycles. The van der Waals surface area contributed by atoms with Crippen molar-refractivity contribution < 1.29 is 9.47 Å². The molecule has 3 heteroatoms. The standard InChI is InChI=1S/C12H17NO2/c1-9(2)13(3)7-10-5-4-6-11-12(10)15-8-14-11/h4-6,9H,7-8H2,1-3H3. The Balaban J connectivity index is 2.19. The third kappa shape index (κ3) is 2.07. The zero-order valence-corrected chi connectivity index (χ0v) is 9.49. The minimum atomic E-state index is 0.345. The fourth-order valence-corrected chi connectivity index (χ4v) is 1.57. The molecule has 0 N–H and O–H groups in total. The van der Waals surface area contributed by atoms with E-state index in [1.807, 2.05) is 12.1 Å². The van der Waals surface area contributed by atoms with Gasteiger partial charge in [-0.15, -0.1) is 0 Å². The lowest BCUT2D eigenvalue weighted by Crippen LogP contribution is -2.25. The lowest BCUT2D eigenvalue weighted by Gasteiger charge is -2.21. The largest absolute Gasteiger partial charge is 0.454 e. The van der Waals surface area contributed by atoms with Gasteiger partial charge in [0.2, 0.25) is 6.79 Å². The highest BCUT2D eigenvalue weighted by atomic mass is 16.7. The molecule has 0 spiro atoms. The minimum Gasteiger partial charge on any atom is -0.454 e. The van der Waals surface area contributed by atoms with Gasteiger partial charge in [-0.25, -0.2) is 0 Å². The number of ether oxygens (including phenoxy) is 2. The molecule has 1 aromatic carbocycles. The van der Waals surface area contributed by atoms with Gasteiger partial charge in [-0.1, -0.05) is 12.1 Å². The van der Waals surface area contributed by atoms with E-state index in [0.29, 0.717) is 12.8 Å². The molecule has 0 bridgehead atoms. The first-order valence-electron chi connectivity index (χ1n) is 5.26. The Morgan fingerprint density at radius 3 is 2.87 bits per heavy atom. The summed E-state index contributed by atoms with van der Waals surface area (Å²) in [5.74, 6) is 1.77. The highest BCUT2D eigenvalue weighted by Gasteiger charge is 2.18. The summed E-state index contributed by atoms with van der Waals surface area (Å²) in [6.45, 7) is 5.60. The normalized spacial score (nSPS) is 13.9. The molecule has 0 amide bonds. The van der Waals surface area contributed by atoms with Crippen LogP contribution in [0.25, 0.3) is 0 Å². The van der Waals surface area contributed by atoms with Gasteiger partial charge in [0.05, 0.1) is 0 Å². The third-order valence-electron chi connectivity index (χ3n) is 2.78. The fraction of sp³-hybridized carbons (Fsp3) is 0.500. The Labute approximate surface area is 90.6 Å². The van der Waals surface area contributed by atoms with Crippen molar-refractivity contribution in [3.05, 3.63) is 23.8 Å². The summed E-state index contributed by atoms with van der Waals surface area (Å²) in [6.07, 6.45) is 0. The molecule has 0 fully saturated rings. The van der Waals surface area contributed by atoms with Gasteiger partial charge in [0.15, 0.2) is 11.5 Å². The van der Waals surface area contributed by atoms with Crippen LogP contribution in [0.5, 0.6) is 11.5 Å². The van der Waals surface area contributed by atoms with Crippen LogP contribution >= 0.6 is 0 Å². The molecule has 0 saturated carbocycles. The molecule has 0 radical (unpaired) electrons. The second-order valence-electron chi connectivity index (χ2n) is 4.16. The van der Waals surface area contributed by atoms with Crippen LogP contribution in [0.3, 0.4) is 0 Å². The minimum absolute atomic E-state index is 0.345. The predicted octanol–water partition coefficient (Wildman–Crippen LogP) is 2.26. The van der Waals surface area contributed by atoms with Crippen molar-refractivity contribution in [2.24, 2.45) is 0 Å². The number of hydrogen-bond donors (Lipinski definition) is 0. The molecule has 15 heavy (non-hydrogen) atoms. The molecule has 0 saturated heterocycles. The molecule has 3 nitrogen and oxygen atoms in total. The smallest absolute Gasteiger partial charge is 0.231 e. The molecular formula is C12H17NO2. The molecule has 0 aliphatic carbocycles. The maximum Gasteiger partial charge on any atom is 0.231 e. The van der Waals surface area contributed by atoms with E-state index in [9.17, 15) is 0 Å². The zero-order valence-electron chi connectivity index (χ0n) is 9.49. The van der Waals surface area contributed by atoms with E-state index in [1.165, 1.54) is 5.56 Å². The van der Waals surface area contributed by atoms with Crippen molar-refractivity contribution in [3.63, 3.8) is 0 Å². The maximum absolute atomic E-state index is 5.46. The summed E-state index contributed by atoms with van der Waals surface area (Å²) >= 11 is 0. The molecule has 1 heterocycles. The predicted molar refractivity (Wildman–Crippen MR) is 59.2 cm³/mol. The van der Waals surface area contributed by atoms with Crippen molar-refractivity contribution in [1.29, 1.82) is 0 Å². The van der Waals surface area contributed by atoms with E-state index in [2.05, 4.69) is 31.9 Å². The van der Waals surface area contributed by atoms with E-state index < -0.39 is 0 Å². The molecular weight excluding hydrogens is 190 g/mol.